The molecule has 5 N–H and O–H groups in total. The predicted molar refractivity (Wildman–Crippen MR) is 90.1 cm³/mol. The number of carbonyl (C=O) groups is 1. The largest absolute Gasteiger partial charge is 0.387 e. The number of imidazole rings is 1. The lowest BCUT2D eigenvalue weighted by Crippen LogP contribution is -2.33. The number of H-pyrrole nitrogens is 1. The van der Waals surface area contributed by atoms with E-state index < -0.39 is 50.2 Å². The lowest BCUT2D eigenvalue weighted by molar-refractivity contribution is -0.114. The summed E-state index contributed by atoms with van der Waals surface area (Å²) in [5.74, 6) is -0.580. The van der Waals surface area contributed by atoms with E-state index in [4.69, 9.17) is 9.26 Å². The Morgan fingerprint density at radius 1 is 1.48 bits per heavy atom. The number of amides is 1. The van der Waals surface area contributed by atoms with Crippen molar-refractivity contribution in [1.82, 2.24) is 19.5 Å². The molecule has 0 aliphatic carbocycles. The van der Waals surface area contributed by atoms with Crippen molar-refractivity contribution in [3.63, 3.8) is 0 Å². The second-order valence-corrected chi connectivity index (χ2v) is 7.93. The number of ether oxygens (including phenoxy) is 1. The standard InChI is InChI=1S/C13H18N5O8P/c1-5(19)15-13-16-10-7(11(22)17-13)14-4-18(10)12-9(21)8(20)6(26-12)3-25-27(2,23)24/h4,6,8-9,12,20-21H,3H2,1-2H3,(H,23,24)(H2,15,16,17,19,22)/t6-,8-,9-,12-/m1/s1. The van der Waals surface area contributed by atoms with Crippen LogP contribution in [0.5, 0.6) is 0 Å². The first-order valence-corrected chi connectivity index (χ1v) is 9.80. The predicted octanol–water partition coefficient (Wildman–Crippen LogP) is -1.47. The van der Waals surface area contributed by atoms with E-state index >= 15 is 0 Å². The molecule has 0 bridgehead atoms. The molecule has 1 unspecified atom stereocenters. The van der Waals surface area contributed by atoms with E-state index in [-0.39, 0.29) is 17.1 Å². The van der Waals surface area contributed by atoms with Crippen molar-refractivity contribution in [2.75, 3.05) is 18.6 Å². The number of carbonyl (C=O) groups excluding carboxylic acids is 1. The molecule has 3 rings (SSSR count). The summed E-state index contributed by atoms with van der Waals surface area (Å²) in [7, 11) is -3.80. The Morgan fingerprint density at radius 2 is 2.19 bits per heavy atom. The smallest absolute Gasteiger partial charge is 0.325 e. The van der Waals surface area contributed by atoms with Crippen LogP contribution in [0.4, 0.5) is 5.95 Å². The minimum absolute atomic E-state index is 0.00337. The van der Waals surface area contributed by atoms with Crippen molar-refractivity contribution >= 4 is 30.6 Å². The molecule has 0 aromatic carbocycles. The molecule has 0 saturated carbocycles. The van der Waals surface area contributed by atoms with Crippen molar-refractivity contribution in [2.45, 2.75) is 31.5 Å². The average Bonchev–Trinajstić information content (AvgIpc) is 3.07. The quantitative estimate of drug-likeness (QED) is 0.369. The molecule has 0 spiro atoms. The summed E-state index contributed by atoms with van der Waals surface area (Å²) in [6.07, 6.45) is -3.97. The summed E-state index contributed by atoms with van der Waals surface area (Å²) >= 11 is 0. The normalized spacial score (nSPS) is 27.6. The van der Waals surface area contributed by atoms with Gasteiger partial charge < -0.3 is 24.4 Å². The van der Waals surface area contributed by atoms with E-state index in [1.54, 1.807) is 0 Å². The van der Waals surface area contributed by atoms with Crippen LogP contribution in [-0.4, -0.2) is 72.1 Å². The third-order valence-corrected chi connectivity index (χ3v) is 4.44. The average molecular weight is 403 g/mol. The van der Waals surface area contributed by atoms with Crippen molar-refractivity contribution in [2.24, 2.45) is 0 Å². The minimum atomic E-state index is -3.80. The van der Waals surface area contributed by atoms with Crippen LogP contribution >= 0.6 is 7.60 Å². The SMILES string of the molecule is CC(=O)Nc1nc2c(ncn2[C@@H]2O[C@H](COP(C)(=O)O)[C@@H](O)[C@H]2O)c(=O)[nH]1. The molecule has 1 saturated heterocycles. The number of fused-ring (bicyclic) bond motifs is 1. The highest BCUT2D eigenvalue weighted by molar-refractivity contribution is 7.51. The maximum atomic E-state index is 12.1. The highest BCUT2D eigenvalue weighted by Gasteiger charge is 2.45. The fourth-order valence-corrected chi connectivity index (χ4v) is 3.07. The van der Waals surface area contributed by atoms with Gasteiger partial charge in [0.1, 0.15) is 18.3 Å². The molecule has 14 heteroatoms. The Balaban J connectivity index is 1.92. The second-order valence-electron chi connectivity index (χ2n) is 6.06. The molecule has 1 amide bonds. The van der Waals surface area contributed by atoms with E-state index in [2.05, 4.69) is 20.3 Å². The Hall–Kier alpha value is -2.15. The number of aliphatic hydroxyl groups is 2. The first-order valence-electron chi connectivity index (χ1n) is 7.77. The first kappa shape index (κ1) is 19.6. The Labute approximate surface area is 151 Å². The lowest BCUT2D eigenvalue weighted by atomic mass is 10.1. The summed E-state index contributed by atoms with van der Waals surface area (Å²) in [6, 6.07) is 0. The third kappa shape index (κ3) is 4.08. The maximum Gasteiger partial charge on any atom is 0.325 e. The van der Waals surface area contributed by atoms with Gasteiger partial charge in [0.15, 0.2) is 17.4 Å². The number of nitrogens with zero attached hydrogens (tertiary/aromatic N) is 3. The van der Waals surface area contributed by atoms with Crippen molar-refractivity contribution in [3.05, 3.63) is 16.7 Å². The molecule has 2 aromatic heterocycles. The van der Waals surface area contributed by atoms with Gasteiger partial charge in [-0.2, -0.15) is 4.98 Å². The van der Waals surface area contributed by atoms with Crippen molar-refractivity contribution in [1.29, 1.82) is 0 Å². The van der Waals surface area contributed by atoms with Gasteiger partial charge in [0.05, 0.1) is 12.9 Å². The first-order chi connectivity index (χ1) is 12.6. The van der Waals surface area contributed by atoms with Gasteiger partial charge in [-0.25, -0.2) is 4.98 Å². The van der Waals surface area contributed by atoms with Gasteiger partial charge in [-0.05, 0) is 0 Å². The van der Waals surface area contributed by atoms with Crippen LogP contribution in [-0.2, 0) is 18.6 Å². The Bertz CT molecular complexity index is 967. The topological polar surface area (TPSA) is 189 Å². The molecule has 27 heavy (non-hydrogen) atoms. The molecule has 2 aromatic rings. The van der Waals surface area contributed by atoms with E-state index in [1.165, 1.54) is 17.8 Å². The highest BCUT2D eigenvalue weighted by atomic mass is 31.2. The zero-order valence-corrected chi connectivity index (χ0v) is 15.2. The molecule has 1 fully saturated rings. The fraction of sp³-hybridized carbons (Fsp3) is 0.538. The summed E-state index contributed by atoms with van der Waals surface area (Å²) in [4.78, 5) is 42.8. The molecule has 1 aliphatic heterocycles. The van der Waals surface area contributed by atoms with Gasteiger partial charge in [0, 0.05) is 13.6 Å². The van der Waals surface area contributed by atoms with Crippen LogP contribution in [0.1, 0.15) is 13.2 Å². The van der Waals surface area contributed by atoms with Gasteiger partial charge in [-0.3, -0.25) is 29.0 Å². The number of aliphatic hydroxyl groups excluding tert-OH is 2. The summed E-state index contributed by atoms with van der Waals surface area (Å²) < 4.78 is 22.7. The number of rotatable bonds is 5. The van der Waals surface area contributed by atoms with Crippen molar-refractivity contribution in [3.8, 4) is 0 Å². The van der Waals surface area contributed by atoms with Gasteiger partial charge in [0.2, 0.25) is 11.9 Å². The Morgan fingerprint density at radius 3 is 2.81 bits per heavy atom. The summed E-state index contributed by atoms with van der Waals surface area (Å²) in [5, 5.41) is 22.7. The van der Waals surface area contributed by atoms with E-state index in [0.717, 1.165) is 6.66 Å². The molecule has 3 heterocycles. The Kier molecular flexibility index (Phi) is 5.16. The molecule has 13 nitrogen and oxygen atoms in total. The van der Waals surface area contributed by atoms with Gasteiger partial charge in [-0.15, -0.1) is 0 Å². The molecule has 1 aliphatic rings. The van der Waals surface area contributed by atoms with E-state index in [9.17, 15) is 29.3 Å². The molecule has 148 valence electrons. The van der Waals surface area contributed by atoms with Crippen LogP contribution in [0, 0.1) is 0 Å². The third-order valence-electron chi connectivity index (χ3n) is 3.82. The molecule has 0 radical (unpaired) electrons. The van der Waals surface area contributed by atoms with Crippen molar-refractivity contribution < 1.29 is 33.7 Å². The molecule has 5 atom stereocenters. The lowest BCUT2D eigenvalue weighted by Gasteiger charge is -2.16. The van der Waals surface area contributed by atoms with E-state index in [0.29, 0.717) is 0 Å². The fourth-order valence-electron chi connectivity index (χ4n) is 2.65. The van der Waals surface area contributed by atoms with Crippen LogP contribution < -0.4 is 10.9 Å². The number of hydrogen-bond donors (Lipinski definition) is 5. The van der Waals surface area contributed by atoms with Crippen LogP contribution in [0.3, 0.4) is 0 Å². The number of nitrogens with one attached hydrogen (secondary N) is 2. The van der Waals surface area contributed by atoms with Gasteiger partial charge in [-0.1, -0.05) is 0 Å². The zero-order chi connectivity index (χ0) is 19.9. The second kappa shape index (κ2) is 7.11. The summed E-state index contributed by atoms with van der Waals surface area (Å²) in [6.45, 7) is 1.78. The molecular formula is C13H18N5O8P. The molecular weight excluding hydrogens is 385 g/mol. The van der Waals surface area contributed by atoms with Crippen LogP contribution in [0.2, 0.25) is 0 Å². The number of aromatic amines is 1. The summed E-state index contributed by atoms with van der Waals surface area (Å²) in [5.41, 5.74) is -0.686. The number of hydrogen-bond acceptors (Lipinski definition) is 9. The highest BCUT2D eigenvalue weighted by Crippen LogP contribution is 2.39. The van der Waals surface area contributed by atoms with E-state index in [1.807, 2.05) is 0 Å². The monoisotopic (exact) mass is 403 g/mol. The minimum Gasteiger partial charge on any atom is -0.387 e. The van der Waals surface area contributed by atoms with Gasteiger partial charge in [0.25, 0.3) is 5.56 Å². The van der Waals surface area contributed by atoms with Crippen LogP contribution in [0.25, 0.3) is 11.2 Å². The number of aromatic nitrogens is 4. The van der Waals surface area contributed by atoms with Gasteiger partial charge >= 0.3 is 7.60 Å². The van der Waals surface area contributed by atoms with Crippen LogP contribution in [0.15, 0.2) is 11.1 Å². The number of anilines is 1. The zero-order valence-electron chi connectivity index (χ0n) is 14.3. The maximum absolute atomic E-state index is 12.1.